The second kappa shape index (κ2) is 10.3. The van der Waals surface area contributed by atoms with E-state index in [0.29, 0.717) is 46.7 Å². The normalized spacial score (nSPS) is 10.1. The van der Waals surface area contributed by atoms with Crippen LogP contribution in [0.25, 0.3) is 0 Å². The SMILES string of the molecule is CNc1c(C=N)ncnc1OCCc1cnc(NC(=O)Nc2ccc(C#N)c(Cl)c2)s1. The molecule has 12 heteroatoms. The number of nitriles is 1. The van der Waals surface area contributed by atoms with Crippen molar-refractivity contribution in [3.05, 3.63) is 51.9 Å². The number of carbonyl (C=O) groups excluding carboxylic acids is 1. The van der Waals surface area contributed by atoms with Crippen molar-refractivity contribution in [3.8, 4) is 11.9 Å². The van der Waals surface area contributed by atoms with Crippen LogP contribution in [-0.4, -0.2) is 40.9 Å². The van der Waals surface area contributed by atoms with E-state index in [1.165, 1.54) is 29.8 Å². The maximum absolute atomic E-state index is 12.2. The molecular weight excluding hydrogens is 440 g/mol. The highest BCUT2D eigenvalue weighted by molar-refractivity contribution is 7.15. The molecule has 0 aliphatic carbocycles. The van der Waals surface area contributed by atoms with Crippen LogP contribution in [0.5, 0.6) is 5.88 Å². The first-order valence-electron chi connectivity index (χ1n) is 8.92. The molecule has 3 rings (SSSR count). The van der Waals surface area contributed by atoms with Crippen molar-refractivity contribution < 1.29 is 9.53 Å². The molecule has 10 nitrogen and oxygen atoms in total. The summed E-state index contributed by atoms with van der Waals surface area (Å²) < 4.78 is 5.70. The van der Waals surface area contributed by atoms with Crippen LogP contribution in [-0.2, 0) is 6.42 Å². The molecule has 3 aromatic rings. The molecule has 0 aliphatic heterocycles. The molecule has 0 fully saturated rings. The zero-order chi connectivity index (χ0) is 22.2. The molecule has 2 heterocycles. The Hall–Kier alpha value is -3.75. The van der Waals surface area contributed by atoms with E-state index in [1.54, 1.807) is 19.3 Å². The van der Waals surface area contributed by atoms with Gasteiger partial charge in [0.25, 0.3) is 0 Å². The van der Waals surface area contributed by atoms with Gasteiger partial charge in [0.15, 0.2) is 5.13 Å². The summed E-state index contributed by atoms with van der Waals surface area (Å²) in [4.78, 5) is 25.3. The molecule has 0 aliphatic rings. The van der Waals surface area contributed by atoms with Crippen LogP contribution in [0.2, 0.25) is 5.02 Å². The van der Waals surface area contributed by atoms with Crippen LogP contribution in [0.15, 0.2) is 30.7 Å². The van der Waals surface area contributed by atoms with Gasteiger partial charge in [-0.2, -0.15) is 10.2 Å². The number of urea groups is 1. The minimum atomic E-state index is -0.475. The van der Waals surface area contributed by atoms with Gasteiger partial charge in [-0.05, 0) is 18.2 Å². The lowest BCUT2D eigenvalue weighted by molar-refractivity contribution is 0.262. The predicted octanol–water partition coefficient (Wildman–Crippen LogP) is 3.76. The van der Waals surface area contributed by atoms with Crippen LogP contribution in [0.1, 0.15) is 16.1 Å². The first-order chi connectivity index (χ1) is 15.0. The summed E-state index contributed by atoms with van der Waals surface area (Å²) in [7, 11) is 1.70. The van der Waals surface area contributed by atoms with E-state index in [4.69, 9.17) is 27.0 Å². The molecule has 0 unspecified atom stereocenters. The van der Waals surface area contributed by atoms with Gasteiger partial charge < -0.3 is 20.8 Å². The number of benzene rings is 1. The summed E-state index contributed by atoms with van der Waals surface area (Å²) in [6, 6.07) is 6.10. The summed E-state index contributed by atoms with van der Waals surface area (Å²) in [6.07, 6.45) is 4.67. The number of thiazole rings is 1. The molecule has 0 spiro atoms. The van der Waals surface area contributed by atoms with Crippen molar-refractivity contribution in [2.45, 2.75) is 6.42 Å². The van der Waals surface area contributed by atoms with E-state index in [9.17, 15) is 4.79 Å². The molecule has 0 radical (unpaired) electrons. The smallest absolute Gasteiger partial charge is 0.325 e. The van der Waals surface area contributed by atoms with Gasteiger partial charge in [0.05, 0.1) is 17.2 Å². The Balaban J connectivity index is 1.53. The third kappa shape index (κ3) is 5.65. The monoisotopic (exact) mass is 456 g/mol. The number of hydrogen-bond acceptors (Lipinski definition) is 9. The van der Waals surface area contributed by atoms with E-state index in [1.807, 2.05) is 6.07 Å². The van der Waals surface area contributed by atoms with E-state index < -0.39 is 6.03 Å². The van der Waals surface area contributed by atoms with Gasteiger partial charge in [-0.3, -0.25) is 5.32 Å². The maximum atomic E-state index is 12.2. The fourth-order valence-electron chi connectivity index (χ4n) is 2.51. The van der Waals surface area contributed by atoms with Gasteiger partial charge in [0.1, 0.15) is 23.8 Å². The summed E-state index contributed by atoms with van der Waals surface area (Å²) in [6.45, 7) is 0.334. The Morgan fingerprint density at radius 3 is 2.90 bits per heavy atom. The number of halogens is 1. The Kier molecular flexibility index (Phi) is 7.31. The van der Waals surface area contributed by atoms with E-state index in [-0.39, 0.29) is 5.02 Å². The third-order valence-corrected chi connectivity index (χ3v) is 5.22. The van der Waals surface area contributed by atoms with Crippen molar-refractivity contribution in [2.75, 3.05) is 29.6 Å². The minimum absolute atomic E-state index is 0.259. The Bertz CT molecular complexity index is 1140. The summed E-state index contributed by atoms with van der Waals surface area (Å²) in [5.74, 6) is 0.360. The average molecular weight is 457 g/mol. The van der Waals surface area contributed by atoms with Crippen LogP contribution in [0.4, 0.5) is 21.3 Å². The van der Waals surface area contributed by atoms with Crippen molar-refractivity contribution in [2.24, 2.45) is 0 Å². The highest BCUT2D eigenvalue weighted by Crippen LogP contribution is 2.24. The summed E-state index contributed by atoms with van der Waals surface area (Å²) in [5, 5.41) is 25.2. The first kappa shape index (κ1) is 21.9. The van der Waals surface area contributed by atoms with Crippen molar-refractivity contribution in [1.82, 2.24) is 15.0 Å². The van der Waals surface area contributed by atoms with Crippen LogP contribution >= 0.6 is 22.9 Å². The second-order valence-corrected chi connectivity index (χ2v) is 7.47. The van der Waals surface area contributed by atoms with Gasteiger partial charge in [0.2, 0.25) is 5.88 Å². The number of ether oxygens (including phenoxy) is 1. The van der Waals surface area contributed by atoms with Gasteiger partial charge in [-0.25, -0.2) is 14.8 Å². The zero-order valence-electron chi connectivity index (χ0n) is 16.3. The minimum Gasteiger partial charge on any atom is -0.476 e. The molecule has 0 saturated carbocycles. The molecule has 2 amide bonds. The van der Waals surface area contributed by atoms with E-state index in [0.717, 1.165) is 11.1 Å². The molecule has 2 aromatic heterocycles. The molecule has 158 valence electrons. The number of hydrogen-bond donors (Lipinski definition) is 4. The van der Waals surface area contributed by atoms with E-state index in [2.05, 4.69) is 30.9 Å². The second-order valence-electron chi connectivity index (χ2n) is 5.95. The highest BCUT2D eigenvalue weighted by Gasteiger charge is 2.11. The number of nitrogens with one attached hydrogen (secondary N) is 4. The Morgan fingerprint density at radius 1 is 1.35 bits per heavy atom. The molecule has 1 aromatic carbocycles. The van der Waals surface area contributed by atoms with Crippen LogP contribution < -0.4 is 20.7 Å². The maximum Gasteiger partial charge on any atom is 0.325 e. The van der Waals surface area contributed by atoms with Gasteiger partial charge in [0, 0.05) is 36.4 Å². The number of amides is 2. The molecule has 0 bridgehead atoms. The first-order valence-corrected chi connectivity index (χ1v) is 10.1. The molecular formula is C19H17ClN8O2S. The fraction of sp³-hybridized carbons (Fsp3) is 0.158. The van der Waals surface area contributed by atoms with Gasteiger partial charge in [-0.1, -0.05) is 11.6 Å². The number of rotatable bonds is 8. The van der Waals surface area contributed by atoms with Crippen LogP contribution in [0, 0.1) is 16.7 Å². The number of aromatic nitrogens is 3. The quantitative estimate of drug-likeness (QED) is 0.377. The summed E-state index contributed by atoms with van der Waals surface area (Å²) in [5.41, 5.74) is 1.77. The fourth-order valence-corrected chi connectivity index (χ4v) is 3.52. The predicted molar refractivity (Wildman–Crippen MR) is 120 cm³/mol. The van der Waals surface area contributed by atoms with Crippen molar-refractivity contribution in [3.63, 3.8) is 0 Å². The molecule has 31 heavy (non-hydrogen) atoms. The van der Waals surface area contributed by atoms with Gasteiger partial charge >= 0.3 is 6.03 Å². The molecule has 0 atom stereocenters. The Labute approximate surface area is 186 Å². The van der Waals surface area contributed by atoms with Crippen molar-refractivity contribution in [1.29, 1.82) is 10.7 Å². The largest absolute Gasteiger partial charge is 0.476 e. The standard InChI is InChI=1S/C19H17ClN8O2S/c1-23-16-15(8-22)25-10-26-17(16)30-5-4-13-9-24-19(31-13)28-18(29)27-12-3-2-11(7-21)14(20)6-12/h2-3,6,8-10,22-23H,4-5H2,1H3,(H2,24,27,28,29). The molecule has 4 N–H and O–H groups in total. The van der Waals surface area contributed by atoms with E-state index >= 15 is 0 Å². The molecule has 0 saturated heterocycles. The zero-order valence-corrected chi connectivity index (χ0v) is 17.8. The third-order valence-electron chi connectivity index (χ3n) is 3.94. The lowest BCUT2D eigenvalue weighted by Crippen LogP contribution is -2.19. The van der Waals surface area contributed by atoms with Crippen LogP contribution in [0.3, 0.4) is 0 Å². The number of nitrogens with zero attached hydrogens (tertiary/aromatic N) is 4. The average Bonchev–Trinajstić information content (AvgIpc) is 3.20. The van der Waals surface area contributed by atoms with Crippen molar-refractivity contribution >= 4 is 51.7 Å². The Morgan fingerprint density at radius 2 is 2.19 bits per heavy atom. The summed E-state index contributed by atoms with van der Waals surface area (Å²) >= 11 is 7.28. The number of carbonyl (C=O) groups is 1. The lowest BCUT2D eigenvalue weighted by Gasteiger charge is -2.10. The lowest BCUT2D eigenvalue weighted by atomic mass is 10.2. The highest BCUT2D eigenvalue weighted by atomic mass is 35.5. The number of anilines is 3. The topological polar surface area (TPSA) is 149 Å². The van der Waals surface area contributed by atoms with Gasteiger partial charge in [-0.15, -0.1) is 11.3 Å².